The molecule has 13 heavy (non-hydrogen) atoms. The van der Waals surface area contributed by atoms with Gasteiger partial charge in [0.1, 0.15) is 0 Å². The first-order valence-electron chi connectivity index (χ1n) is 4.19. The number of ether oxygens (including phenoxy) is 2. The minimum absolute atomic E-state index is 0.139. The molecule has 1 fully saturated rings. The van der Waals surface area contributed by atoms with Gasteiger partial charge in [-0.25, -0.2) is 8.42 Å². The predicted octanol–water partition coefficient (Wildman–Crippen LogP) is 0.751. The number of halogens is 1. The Bertz CT molecular complexity index is 235. The fourth-order valence-corrected chi connectivity index (χ4v) is 1.27. The van der Waals surface area contributed by atoms with Crippen LogP contribution in [0.15, 0.2) is 0 Å². The maximum absolute atomic E-state index is 10.4. The molecule has 0 aromatic heterocycles. The predicted molar refractivity (Wildman–Crippen MR) is 49.4 cm³/mol. The molecule has 0 atom stereocenters. The molecule has 1 rings (SSSR count). The summed E-state index contributed by atoms with van der Waals surface area (Å²) in [6.07, 6.45) is 2.69. The lowest BCUT2D eigenvalue weighted by Crippen LogP contribution is -2.11. The van der Waals surface area contributed by atoms with Crippen molar-refractivity contribution >= 4 is 19.7 Å². The van der Waals surface area contributed by atoms with Gasteiger partial charge in [-0.15, -0.1) is 0 Å². The molecule has 0 spiro atoms. The van der Waals surface area contributed by atoms with Crippen LogP contribution in [0.1, 0.15) is 12.8 Å². The van der Waals surface area contributed by atoms with E-state index in [1.807, 2.05) is 0 Å². The van der Waals surface area contributed by atoms with E-state index >= 15 is 0 Å². The fourth-order valence-electron chi connectivity index (χ4n) is 0.769. The molecule has 0 aromatic carbocycles. The Morgan fingerprint density at radius 1 is 1.23 bits per heavy atom. The number of hydrogen-bond donors (Lipinski definition) is 0. The first-order chi connectivity index (χ1) is 6.08. The highest BCUT2D eigenvalue weighted by Crippen LogP contribution is 2.22. The normalized spacial score (nSPS) is 17.6. The van der Waals surface area contributed by atoms with Crippen molar-refractivity contribution in [2.75, 3.05) is 25.6 Å². The Morgan fingerprint density at radius 3 is 2.46 bits per heavy atom. The average molecular weight is 229 g/mol. The standard InChI is InChI=1S/C7H13ClO4S/c8-13(9,10)6-5-11-3-4-12-7-1-2-7/h7H,1-6H2. The molecule has 0 aromatic rings. The Kier molecular flexibility index (Phi) is 4.45. The van der Waals surface area contributed by atoms with E-state index in [-0.39, 0.29) is 12.4 Å². The fraction of sp³-hybridized carbons (Fsp3) is 1.00. The molecule has 0 heterocycles. The maximum atomic E-state index is 10.4. The minimum atomic E-state index is -3.41. The van der Waals surface area contributed by atoms with E-state index in [2.05, 4.69) is 0 Å². The summed E-state index contributed by atoms with van der Waals surface area (Å²) < 4.78 is 31.1. The first kappa shape index (κ1) is 11.2. The summed E-state index contributed by atoms with van der Waals surface area (Å²) in [6.45, 7) is 1.11. The molecular weight excluding hydrogens is 216 g/mol. The summed E-state index contributed by atoms with van der Waals surface area (Å²) in [7, 11) is 1.56. The van der Waals surface area contributed by atoms with Crippen molar-refractivity contribution in [2.45, 2.75) is 18.9 Å². The van der Waals surface area contributed by atoms with Gasteiger partial charge < -0.3 is 9.47 Å². The molecule has 1 aliphatic carbocycles. The highest BCUT2D eigenvalue weighted by atomic mass is 35.7. The second kappa shape index (κ2) is 5.14. The molecule has 0 saturated heterocycles. The zero-order valence-corrected chi connectivity index (χ0v) is 8.81. The Morgan fingerprint density at radius 2 is 1.92 bits per heavy atom. The van der Waals surface area contributed by atoms with Crippen LogP contribution in [0.5, 0.6) is 0 Å². The quantitative estimate of drug-likeness (QED) is 0.477. The monoisotopic (exact) mass is 228 g/mol. The van der Waals surface area contributed by atoms with Crippen molar-refractivity contribution in [3.63, 3.8) is 0 Å². The van der Waals surface area contributed by atoms with Crippen LogP contribution in [0.4, 0.5) is 0 Å². The molecule has 78 valence electrons. The van der Waals surface area contributed by atoms with E-state index in [1.54, 1.807) is 0 Å². The smallest absolute Gasteiger partial charge is 0.234 e. The Labute approximate surface area is 82.6 Å². The van der Waals surface area contributed by atoms with Gasteiger partial charge in [0.05, 0.1) is 31.7 Å². The van der Waals surface area contributed by atoms with Gasteiger partial charge in [0.15, 0.2) is 0 Å². The first-order valence-corrected chi connectivity index (χ1v) is 6.67. The molecular formula is C7H13ClO4S. The molecule has 0 unspecified atom stereocenters. The van der Waals surface area contributed by atoms with Crippen molar-refractivity contribution < 1.29 is 17.9 Å². The van der Waals surface area contributed by atoms with Gasteiger partial charge in [-0.1, -0.05) is 0 Å². The third-order valence-electron chi connectivity index (χ3n) is 1.58. The lowest BCUT2D eigenvalue weighted by Gasteiger charge is -2.02. The second-order valence-electron chi connectivity index (χ2n) is 2.93. The van der Waals surface area contributed by atoms with Gasteiger partial charge in [0.25, 0.3) is 0 Å². The lowest BCUT2D eigenvalue weighted by molar-refractivity contribution is 0.0455. The van der Waals surface area contributed by atoms with E-state index in [9.17, 15) is 8.42 Å². The van der Waals surface area contributed by atoms with Crippen LogP contribution in [0, 0.1) is 0 Å². The third-order valence-corrected chi connectivity index (χ3v) is 2.69. The van der Waals surface area contributed by atoms with Crippen LogP contribution in [0.2, 0.25) is 0 Å². The number of hydrogen-bond acceptors (Lipinski definition) is 4. The number of rotatable bonds is 7. The van der Waals surface area contributed by atoms with Gasteiger partial charge in [-0.3, -0.25) is 0 Å². The van der Waals surface area contributed by atoms with Crippen LogP contribution < -0.4 is 0 Å². The van der Waals surface area contributed by atoms with Crippen LogP contribution in [0.25, 0.3) is 0 Å². The summed E-state index contributed by atoms with van der Waals surface area (Å²) in [5.41, 5.74) is 0. The van der Waals surface area contributed by atoms with E-state index in [0.717, 1.165) is 12.8 Å². The zero-order chi connectivity index (χ0) is 9.73. The van der Waals surface area contributed by atoms with Gasteiger partial charge in [-0.05, 0) is 12.8 Å². The molecule has 0 N–H and O–H groups in total. The summed E-state index contributed by atoms with van der Waals surface area (Å²) in [4.78, 5) is 0. The summed E-state index contributed by atoms with van der Waals surface area (Å²) in [5, 5.41) is 0. The molecule has 4 nitrogen and oxygen atoms in total. The SMILES string of the molecule is O=S(=O)(Cl)CCOCCOC1CC1. The molecule has 0 bridgehead atoms. The van der Waals surface area contributed by atoms with Gasteiger partial charge in [0, 0.05) is 10.7 Å². The molecule has 0 radical (unpaired) electrons. The van der Waals surface area contributed by atoms with Crippen LogP contribution in [0.3, 0.4) is 0 Å². The van der Waals surface area contributed by atoms with E-state index in [0.29, 0.717) is 19.3 Å². The van der Waals surface area contributed by atoms with Crippen molar-refractivity contribution in [1.82, 2.24) is 0 Å². The highest BCUT2D eigenvalue weighted by Gasteiger charge is 2.21. The molecule has 6 heteroatoms. The van der Waals surface area contributed by atoms with Crippen molar-refractivity contribution in [2.24, 2.45) is 0 Å². The average Bonchev–Trinajstić information content (AvgIpc) is 2.77. The van der Waals surface area contributed by atoms with Gasteiger partial charge >= 0.3 is 0 Å². The van der Waals surface area contributed by atoms with Gasteiger partial charge in [-0.2, -0.15) is 0 Å². The molecule has 0 amide bonds. The van der Waals surface area contributed by atoms with Crippen LogP contribution in [-0.2, 0) is 18.5 Å². The topological polar surface area (TPSA) is 52.6 Å². The molecule has 0 aliphatic heterocycles. The summed E-state index contributed by atoms with van der Waals surface area (Å²) >= 11 is 0. The highest BCUT2D eigenvalue weighted by molar-refractivity contribution is 8.13. The minimum Gasteiger partial charge on any atom is -0.378 e. The maximum Gasteiger partial charge on any atom is 0.234 e. The Hall–Kier alpha value is 0.160. The largest absolute Gasteiger partial charge is 0.378 e. The molecule has 1 saturated carbocycles. The van der Waals surface area contributed by atoms with Crippen LogP contribution >= 0.6 is 10.7 Å². The van der Waals surface area contributed by atoms with Crippen LogP contribution in [-0.4, -0.2) is 40.1 Å². The lowest BCUT2D eigenvalue weighted by atomic mass is 10.7. The summed E-state index contributed by atoms with van der Waals surface area (Å²) in [6, 6.07) is 0. The zero-order valence-electron chi connectivity index (χ0n) is 7.24. The second-order valence-corrected chi connectivity index (χ2v) is 5.82. The van der Waals surface area contributed by atoms with Crippen molar-refractivity contribution in [1.29, 1.82) is 0 Å². The Balaban J connectivity index is 1.83. The van der Waals surface area contributed by atoms with Crippen molar-refractivity contribution in [3.05, 3.63) is 0 Å². The third kappa shape index (κ3) is 7.25. The van der Waals surface area contributed by atoms with Crippen molar-refractivity contribution in [3.8, 4) is 0 Å². The summed E-state index contributed by atoms with van der Waals surface area (Å²) in [5.74, 6) is -0.141. The van der Waals surface area contributed by atoms with E-state index < -0.39 is 9.05 Å². The van der Waals surface area contributed by atoms with E-state index in [1.165, 1.54) is 0 Å². The molecule has 1 aliphatic rings. The van der Waals surface area contributed by atoms with E-state index in [4.69, 9.17) is 20.2 Å². The van der Waals surface area contributed by atoms with Gasteiger partial charge in [0.2, 0.25) is 9.05 Å².